The molecule has 0 aliphatic heterocycles. The average molecular weight is 336 g/mol. The molecule has 23 heavy (non-hydrogen) atoms. The van der Waals surface area contributed by atoms with E-state index >= 15 is 0 Å². The molecule has 0 bridgehead atoms. The topological polar surface area (TPSA) is 44.5 Å². The molecular formula is C18H19ClFNO2. The standard InChI is InChI=1S/C18H19ClFNO2/c1-12(22-2)13-4-3-5-14(8-13)18(23-7-6-21)15-9-16(19)11-17(20)10-15/h3-5,8-11,18H,1,6-7,21H2,2H3. The van der Waals surface area contributed by atoms with Gasteiger partial charge in [-0.05, 0) is 35.4 Å². The Morgan fingerprint density at radius 3 is 2.70 bits per heavy atom. The fourth-order valence-corrected chi connectivity index (χ4v) is 2.52. The zero-order chi connectivity index (χ0) is 16.8. The number of ether oxygens (including phenoxy) is 2. The van der Waals surface area contributed by atoms with Gasteiger partial charge in [-0.25, -0.2) is 4.39 Å². The van der Waals surface area contributed by atoms with Crippen LogP contribution in [0.5, 0.6) is 0 Å². The van der Waals surface area contributed by atoms with Gasteiger partial charge >= 0.3 is 0 Å². The molecule has 2 rings (SSSR count). The maximum Gasteiger partial charge on any atom is 0.125 e. The predicted octanol–water partition coefficient (Wildman–Crippen LogP) is 4.16. The molecule has 0 saturated heterocycles. The molecule has 1 atom stereocenters. The Bertz CT molecular complexity index is 670. The fraction of sp³-hybridized carbons (Fsp3) is 0.222. The highest BCUT2D eigenvalue weighted by atomic mass is 35.5. The van der Waals surface area contributed by atoms with Gasteiger partial charge in [0.25, 0.3) is 0 Å². The molecule has 0 aliphatic carbocycles. The Morgan fingerprint density at radius 1 is 1.26 bits per heavy atom. The SMILES string of the molecule is C=C(OC)c1cccc(C(OCCN)c2cc(F)cc(Cl)c2)c1. The highest BCUT2D eigenvalue weighted by Gasteiger charge is 2.17. The van der Waals surface area contributed by atoms with Gasteiger partial charge < -0.3 is 15.2 Å². The molecule has 0 radical (unpaired) electrons. The zero-order valence-electron chi connectivity index (χ0n) is 12.9. The van der Waals surface area contributed by atoms with Crippen molar-refractivity contribution in [2.24, 2.45) is 5.73 Å². The molecule has 0 spiro atoms. The van der Waals surface area contributed by atoms with Crippen molar-refractivity contribution < 1.29 is 13.9 Å². The summed E-state index contributed by atoms with van der Waals surface area (Å²) in [5.74, 6) is 0.132. The van der Waals surface area contributed by atoms with Crippen molar-refractivity contribution in [3.63, 3.8) is 0 Å². The van der Waals surface area contributed by atoms with E-state index < -0.39 is 11.9 Å². The monoisotopic (exact) mass is 335 g/mol. The van der Waals surface area contributed by atoms with Crippen LogP contribution >= 0.6 is 11.6 Å². The van der Waals surface area contributed by atoms with E-state index in [0.29, 0.717) is 29.5 Å². The fourth-order valence-electron chi connectivity index (χ4n) is 2.29. The molecular weight excluding hydrogens is 317 g/mol. The van der Waals surface area contributed by atoms with Crippen LogP contribution in [0, 0.1) is 5.82 Å². The molecule has 2 N–H and O–H groups in total. The van der Waals surface area contributed by atoms with Crippen molar-refractivity contribution in [2.75, 3.05) is 20.3 Å². The van der Waals surface area contributed by atoms with E-state index in [4.69, 9.17) is 26.8 Å². The largest absolute Gasteiger partial charge is 0.497 e. The van der Waals surface area contributed by atoms with Crippen LogP contribution in [0.4, 0.5) is 4.39 Å². The van der Waals surface area contributed by atoms with Crippen LogP contribution in [-0.4, -0.2) is 20.3 Å². The molecule has 0 saturated carbocycles. The summed E-state index contributed by atoms with van der Waals surface area (Å²) >= 11 is 5.97. The minimum absolute atomic E-state index is 0.318. The minimum atomic E-state index is -0.476. The van der Waals surface area contributed by atoms with Gasteiger partial charge in [-0.1, -0.05) is 36.4 Å². The lowest BCUT2D eigenvalue weighted by atomic mass is 9.99. The average Bonchev–Trinajstić information content (AvgIpc) is 2.54. The molecule has 0 heterocycles. The van der Waals surface area contributed by atoms with Gasteiger partial charge in [-0.3, -0.25) is 0 Å². The Morgan fingerprint density at radius 2 is 2.04 bits per heavy atom. The summed E-state index contributed by atoms with van der Waals surface area (Å²) in [6, 6.07) is 11.9. The van der Waals surface area contributed by atoms with E-state index in [1.807, 2.05) is 24.3 Å². The van der Waals surface area contributed by atoms with E-state index in [1.54, 1.807) is 13.2 Å². The summed E-state index contributed by atoms with van der Waals surface area (Å²) in [7, 11) is 1.56. The quantitative estimate of drug-likeness (QED) is 0.773. The Hall–Kier alpha value is -1.88. The van der Waals surface area contributed by atoms with Crippen molar-refractivity contribution in [3.8, 4) is 0 Å². The van der Waals surface area contributed by atoms with Gasteiger partial charge in [0.15, 0.2) is 0 Å². The number of hydrogen-bond donors (Lipinski definition) is 1. The van der Waals surface area contributed by atoms with Crippen LogP contribution in [0.15, 0.2) is 49.0 Å². The van der Waals surface area contributed by atoms with Gasteiger partial charge in [0.05, 0.1) is 13.7 Å². The van der Waals surface area contributed by atoms with Crippen LogP contribution in [0.3, 0.4) is 0 Å². The molecule has 2 aromatic carbocycles. The first-order valence-electron chi connectivity index (χ1n) is 7.16. The number of methoxy groups -OCH3 is 1. The first-order valence-corrected chi connectivity index (χ1v) is 7.54. The van der Waals surface area contributed by atoms with E-state index in [-0.39, 0.29) is 0 Å². The van der Waals surface area contributed by atoms with Gasteiger partial charge in [-0.15, -0.1) is 0 Å². The highest BCUT2D eigenvalue weighted by Crippen LogP contribution is 2.30. The number of hydrogen-bond acceptors (Lipinski definition) is 3. The number of rotatable bonds is 7. The summed E-state index contributed by atoms with van der Waals surface area (Å²) in [6.07, 6.45) is -0.476. The summed E-state index contributed by atoms with van der Waals surface area (Å²) < 4.78 is 24.7. The van der Waals surface area contributed by atoms with Crippen LogP contribution in [0.25, 0.3) is 5.76 Å². The lowest BCUT2D eigenvalue weighted by Crippen LogP contribution is -2.14. The summed E-state index contributed by atoms with van der Waals surface area (Å²) in [4.78, 5) is 0. The second kappa shape index (κ2) is 8.11. The number of nitrogens with two attached hydrogens (primary N) is 1. The van der Waals surface area contributed by atoms with Gasteiger partial charge in [0, 0.05) is 17.1 Å². The molecule has 2 aromatic rings. The lowest BCUT2D eigenvalue weighted by molar-refractivity contribution is 0.0862. The van der Waals surface area contributed by atoms with Crippen LogP contribution in [-0.2, 0) is 9.47 Å². The minimum Gasteiger partial charge on any atom is -0.497 e. The van der Waals surface area contributed by atoms with Crippen LogP contribution in [0.2, 0.25) is 5.02 Å². The van der Waals surface area contributed by atoms with E-state index in [2.05, 4.69) is 6.58 Å². The molecule has 0 amide bonds. The van der Waals surface area contributed by atoms with Crippen molar-refractivity contribution in [1.82, 2.24) is 0 Å². The highest BCUT2D eigenvalue weighted by molar-refractivity contribution is 6.30. The molecule has 122 valence electrons. The maximum atomic E-state index is 13.7. The first-order chi connectivity index (χ1) is 11.0. The van der Waals surface area contributed by atoms with E-state index in [1.165, 1.54) is 12.1 Å². The van der Waals surface area contributed by atoms with Gasteiger partial charge in [-0.2, -0.15) is 0 Å². The Balaban J connectivity index is 2.44. The normalized spacial score (nSPS) is 12.0. The van der Waals surface area contributed by atoms with Crippen molar-refractivity contribution in [1.29, 1.82) is 0 Å². The third kappa shape index (κ3) is 4.55. The molecule has 5 heteroatoms. The molecule has 0 aromatic heterocycles. The molecule has 0 aliphatic rings. The van der Waals surface area contributed by atoms with E-state index in [9.17, 15) is 4.39 Å². The number of halogens is 2. The second-order valence-electron chi connectivity index (χ2n) is 5.00. The molecule has 3 nitrogen and oxygen atoms in total. The predicted molar refractivity (Wildman–Crippen MR) is 90.7 cm³/mol. The Kier molecular flexibility index (Phi) is 6.16. The third-order valence-corrected chi connectivity index (χ3v) is 3.57. The first kappa shape index (κ1) is 17.5. The second-order valence-corrected chi connectivity index (χ2v) is 5.43. The lowest BCUT2D eigenvalue weighted by Gasteiger charge is -2.20. The number of benzene rings is 2. The van der Waals surface area contributed by atoms with Crippen LogP contribution < -0.4 is 5.73 Å². The molecule has 1 unspecified atom stereocenters. The third-order valence-electron chi connectivity index (χ3n) is 3.35. The zero-order valence-corrected chi connectivity index (χ0v) is 13.6. The van der Waals surface area contributed by atoms with Crippen LogP contribution in [0.1, 0.15) is 22.8 Å². The van der Waals surface area contributed by atoms with Gasteiger partial charge in [0.1, 0.15) is 17.7 Å². The van der Waals surface area contributed by atoms with Gasteiger partial charge in [0.2, 0.25) is 0 Å². The smallest absolute Gasteiger partial charge is 0.125 e. The van der Waals surface area contributed by atoms with Crippen molar-refractivity contribution in [3.05, 3.63) is 76.6 Å². The summed E-state index contributed by atoms with van der Waals surface area (Å²) in [5, 5.41) is 0.318. The summed E-state index contributed by atoms with van der Waals surface area (Å²) in [6.45, 7) is 4.55. The summed E-state index contributed by atoms with van der Waals surface area (Å²) in [5.41, 5.74) is 7.83. The van der Waals surface area contributed by atoms with Crippen molar-refractivity contribution in [2.45, 2.75) is 6.10 Å². The molecule has 0 fully saturated rings. The van der Waals surface area contributed by atoms with Crippen molar-refractivity contribution >= 4 is 17.4 Å². The van der Waals surface area contributed by atoms with E-state index in [0.717, 1.165) is 11.1 Å². The maximum absolute atomic E-state index is 13.7. The Labute approximate surface area is 140 Å².